The molecule has 0 saturated heterocycles. The smallest absolute Gasteiger partial charge is 0.288 e. The van der Waals surface area contributed by atoms with Gasteiger partial charge in [0, 0.05) is 23.9 Å². The van der Waals surface area contributed by atoms with Gasteiger partial charge in [0.15, 0.2) is 0 Å². The number of nitrogens with one attached hydrogen (secondary N) is 1. The van der Waals surface area contributed by atoms with Crippen molar-refractivity contribution in [1.82, 2.24) is 0 Å². The normalized spacial score (nSPS) is 13.9. The van der Waals surface area contributed by atoms with E-state index in [1.807, 2.05) is 13.8 Å². The number of hydrogen-bond donors (Lipinski definition) is 2. The molecule has 1 unspecified atom stereocenters. The molecule has 0 radical (unpaired) electrons. The number of aliphatic hydroxyl groups excluding tert-OH is 1. The van der Waals surface area contributed by atoms with Gasteiger partial charge in [0.2, 0.25) is 0 Å². The van der Waals surface area contributed by atoms with E-state index in [1.165, 1.54) is 6.07 Å². The van der Waals surface area contributed by atoms with E-state index in [4.69, 9.17) is 16.7 Å². The number of nitrogens with zero attached hydrogens (tertiary/aromatic N) is 1. The fourth-order valence-electron chi connectivity index (χ4n) is 1.84. The quantitative estimate of drug-likeness (QED) is 0.620. The van der Waals surface area contributed by atoms with E-state index < -0.39 is 4.92 Å². The van der Waals surface area contributed by atoms with Crippen molar-refractivity contribution < 1.29 is 10.0 Å². The van der Waals surface area contributed by atoms with Crippen LogP contribution in [-0.4, -0.2) is 22.2 Å². The Labute approximate surface area is 117 Å². The highest BCUT2D eigenvalue weighted by atomic mass is 35.5. The number of nitro groups is 1. The molecular weight excluding hydrogens is 268 g/mol. The summed E-state index contributed by atoms with van der Waals surface area (Å²) in [6, 6.07) is 3.03. The highest BCUT2D eigenvalue weighted by Gasteiger charge is 2.23. The number of anilines is 1. The van der Waals surface area contributed by atoms with Crippen molar-refractivity contribution in [1.29, 1.82) is 0 Å². The van der Waals surface area contributed by atoms with E-state index >= 15 is 0 Å². The highest BCUT2D eigenvalue weighted by Crippen LogP contribution is 2.33. The molecule has 0 aliphatic carbocycles. The topological polar surface area (TPSA) is 75.4 Å². The third-order valence-electron chi connectivity index (χ3n) is 3.37. The Morgan fingerprint density at radius 1 is 1.53 bits per heavy atom. The van der Waals surface area contributed by atoms with Gasteiger partial charge < -0.3 is 10.4 Å². The number of rotatable bonds is 6. The maximum atomic E-state index is 10.8. The first kappa shape index (κ1) is 15.7. The van der Waals surface area contributed by atoms with Crippen LogP contribution >= 0.6 is 11.6 Å². The van der Waals surface area contributed by atoms with E-state index in [-0.39, 0.29) is 22.9 Å². The molecule has 1 rings (SSSR count). The van der Waals surface area contributed by atoms with Crippen molar-refractivity contribution in [2.24, 2.45) is 0 Å². The van der Waals surface area contributed by atoms with Crippen LogP contribution in [0.2, 0.25) is 5.02 Å². The molecule has 0 heterocycles. The zero-order chi connectivity index (χ0) is 14.6. The lowest BCUT2D eigenvalue weighted by molar-refractivity contribution is -0.384. The second kappa shape index (κ2) is 6.21. The summed E-state index contributed by atoms with van der Waals surface area (Å²) in [5.74, 6) is 0. The van der Waals surface area contributed by atoms with Gasteiger partial charge in [-0.3, -0.25) is 10.1 Å². The number of halogens is 1. The van der Waals surface area contributed by atoms with Crippen molar-refractivity contribution in [2.45, 2.75) is 39.2 Å². The molecule has 19 heavy (non-hydrogen) atoms. The molecule has 0 aliphatic heterocycles. The minimum atomic E-state index is -0.494. The van der Waals surface area contributed by atoms with E-state index in [2.05, 4.69) is 5.32 Å². The van der Waals surface area contributed by atoms with Crippen molar-refractivity contribution in [3.8, 4) is 0 Å². The van der Waals surface area contributed by atoms with Gasteiger partial charge in [-0.05, 0) is 38.3 Å². The summed E-state index contributed by atoms with van der Waals surface area (Å²) in [5, 5.41) is 23.3. The van der Waals surface area contributed by atoms with Crippen LogP contribution in [0.25, 0.3) is 0 Å². The van der Waals surface area contributed by atoms with Gasteiger partial charge in [-0.25, -0.2) is 0 Å². The van der Waals surface area contributed by atoms with E-state index in [0.717, 1.165) is 17.7 Å². The van der Waals surface area contributed by atoms with E-state index in [0.29, 0.717) is 6.42 Å². The summed E-state index contributed by atoms with van der Waals surface area (Å²) in [6.45, 7) is 5.89. The monoisotopic (exact) mass is 286 g/mol. The van der Waals surface area contributed by atoms with Gasteiger partial charge in [-0.15, -0.1) is 0 Å². The molecule has 0 amide bonds. The summed E-state index contributed by atoms with van der Waals surface area (Å²) in [6.07, 6.45) is 1.42. The van der Waals surface area contributed by atoms with Gasteiger partial charge in [-0.1, -0.05) is 18.5 Å². The predicted octanol–water partition coefficient (Wildman–Crippen LogP) is 3.52. The zero-order valence-electron chi connectivity index (χ0n) is 11.4. The van der Waals surface area contributed by atoms with Crippen LogP contribution in [0.5, 0.6) is 0 Å². The molecule has 0 aromatic heterocycles. The molecule has 1 aromatic carbocycles. The molecule has 5 nitrogen and oxygen atoms in total. The third kappa shape index (κ3) is 3.81. The van der Waals surface area contributed by atoms with Crippen LogP contribution in [0.15, 0.2) is 12.1 Å². The van der Waals surface area contributed by atoms with Crippen molar-refractivity contribution >= 4 is 23.0 Å². The van der Waals surface area contributed by atoms with Crippen LogP contribution < -0.4 is 5.32 Å². The van der Waals surface area contributed by atoms with Crippen LogP contribution in [0, 0.1) is 17.0 Å². The molecule has 106 valence electrons. The van der Waals surface area contributed by atoms with E-state index in [9.17, 15) is 10.1 Å². The molecule has 0 fully saturated rings. The molecule has 1 atom stereocenters. The van der Waals surface area contributed by atoms with Gasteiger partial charge >= 0.3 is 0 Å². The maximum absolute atomic E-state index is 10.8. The number of aryl methyl sites for hydroxylation is 1. The lowest BCUT2D eigenvalue weighted by Crippen LogP contribution is -2.35. The molecule has 0 saturated carbocycles. The van der Waals surface area contributed by atoms with Crippen LogP contribution in [0.3, 0.4) is 0 Å². The second-order valence-electron chi connectivity index (χ2n) is 4.89. The Bertz CT molecular complexity index is 479. The average molecular weight is 287 g/mol. The maximum Gasteiger partial charge on any atom is 0.288 e. The Balaban J connectivity index is 3.09. The van der Waals surface area contributed by atoms with E-state index in [1.54, 1.807) is 13.0 Å². The summed E-state index contributed by atoms with van der Waals surface area (Å²) < 4.78 is 0. The van der Waals surface area contributed by atoms with Crippen molar-refractivity contribution in [3.63, 3.8) is 0 Å². The molecule has 0 bridgehead atoms. The predicted molar refractivity (Wildman–Crippen MR) is 76.9 cm³/mol. The molecule has 0 aliphatic rings. The van der Waals surface area contributed by atoms with Crippen LogP contribution in [-0.2, 0) is 0 Å². The fourth-order valence-corrected chi connectivity index (χ4v) is 2.07. The highest BCUT2D eigenvalue weighted by molar-refractivity contribution is 6.33. The Hall–Kier alpha value is -1.33. The first-order valence-electron chi connectivity index (χ1n) is 6.16. The van der Waals surface area contributed by atoms with Crippen molar-refractivity contribution in [2.75, 3.05) is 11.9 Å². The first-order valence-corrected chi connectivity index (χ1v) is 6.54. The van der Waals surface area contributed by atoms with Crippen LogP contribution in [0.4, 0.5) is 11.4 Å². The van der Waals surface area contributed by atoms with Crippen molar-refractivity contribution in [3.05, 3.63) is 32.8 Å². The number of aliphatic hydroxyl groups is 1. The summed E-state index contributed by atoms with van der Waals surface area (Å²) in [5.41, 5.74) is 1.16. The fraction of sp³-hybridized carbons (Fsp3) is 0.538. The minimum absolute atomic E-state index is 0.0805. The Morgan fingerprint density at radius 2 is 2.16 bits per heavy atom. The summed E-state index contributed by atoms with van der Waals surface area (Å²) in [4.78, 5) is 10.3. The minimum Gasteiger partial charge on any atom is -0.396 e. The molecule has 0 spiro atoms. The SMILES string of the molecule is CCC(C)(CCO)Nc1cc(Cl)c([N+](=O)[O-])cc1C. The molecule has 2 N–H and O–H groups in total. The number of hydrogen-bond acceptors (Lipinski definition) is 4. The molecule has 1 aromatic rings. The molecule has 6 heteroatoms. The first-order chi connectivity index (χ1) is 8.83. The Morgan fingerprint density at radius 3 is 2.63 bits per heavy atom. The second-order valence-corrected chi connectivity index (χ2v) is 5.30. The average Bonchev–Trinajstić information content (AvgIpc) is 2.33. The lowest BCUT2D eigenvalue weighted by Gasteiger charge is -2.31. The van der Waals surface area contributed by atoms with Gasteiger partial charge in [-0.2, -0.15) is 0 Å². The van der Waals surface area contributed by atoms with Gasteiger partial charge in [0.25, 0.3) is 5.69 Å². The summed E-state index contributed by atoms with van der Waals surface area (Å²) in [7, 11) is 0. The summed E-state index contributed by atoms with van der Waals surface area (Å²) >= 11 is 5.91. The number of nitro benzene ring substituents is 1. The largest absolute Gasteiger partial charge is 0.396 e. The zero-order valence-corrected chi connectivity index (χ0v) is 12.1. The Kier molecular flexibility index (Phi) is 5.14. The number of benzene rings is 1. The van der Waals surface area contributed by atoms with Crippen LogP contribution in [0.1, 0.15) is 32.3 Å². The van der Waals surface area contributed by atoms with Gasteiger partial charge in [0.1, 0.15) is 5.02 Å². The van der Waals surface area contributed by atoms with Gasteiger partial charge in [0.05, 0.1) is 4.92 Å². The third-order valence-corrected chi connectivity index (χ3v) is 3.67. The lowest BCUT2D eigenvalue weighted by atomic mass is 9.94. The molecular formula is C13H19ClN2O3. The standard InChI is InChI=1S/C13H19ClN2O3/c1-4-13(3,5-6-17)15-11-8-10(14)12(16(18)19)7-9(11)2/h7-8,15,17H,4-6H2,1-3H3.